The van der Waals surface area contributed by atoms with E-state index < -0.39 is 0 Å². The predicted octanol–water partition coefficient (Wildman–Crippen LogP) is 4.77. The molecule has 0 spiro atoms. The van der Waals surface area contributed by atoms with Crippen LogP contribution in [0, 0.1) is 37.0 Å². The van der Waals surface area contributed by atoms with Gasteiger partial charge in [0.25, 0.3) is 0 Å². The van der Waals surface area contributed by atoms with E-state index in [9.17, 15) is 9.59 Å². The minimum Gasteiger partial charge on any atom is -0.457 e. The van der Waals surface area contributed by atoms with Crippen molar-refractivity contribution in [3.05, 3.63) is 23.0 Å². The van der Waals surface area contributed by atoms with Gasteiger partial charge in [-0.15, -0.1) is 0 Å². The van der Waals surface area contributed by atoms with Gasteiger partial charge < -0.3 is 9.30 Å². The first-order chi connectivity index (χ1) is 12.9. The molecule has 4 nitrogen and oxygen atoms in total. The van der Waals surface area contributed by atoms with Crippen LogP contribution in [0.25, 0.3) is 0 Å². The standard InChI is InChI=1S/C23H31NO3/c1-14-5-20(15(2)24(14)19-3-4-19)21(25)13-27-22(26)12-23-9-16-6-17(10-23)8-18(7-16)11-23/h5,16-19H,3-4,6-13H2,1-2H3. The van der Waals surface area contributed by atoms with Crippen molar-refractivity contribution in [2.45, 2.75) is 77.7 Å². The summed E-state index contributed by atoms with van der Waals surface area (Å²) < 4.78 is 7.75. The maximum Gasteiger partial charge on any atom is 0.306 e. The first-order valence-corrected chi connectivity index (χ1v) is 10.8. The number of carbonyl (C=O) groups is 2. The summed E-state index contributed by atoms with van der Waals surface area (Å²) in [4.78, 5) is 25.2. The van der Waals surface area contributed by atoms with Crippen molar-refractivity contribution in [2.75, 3.05) is 6.61 Å². The molecule has 4 bridgehead atoms. The molecule has 0 saturated heterocycles. The number of ketones is 1. The highest BCUT2D eigenvalue weighted by atomic mass is 16.5. The Bertz CT molecular complexity index is 751. The number of aryl methyl sites for hydroxylation is 1. The van der Waals surface area contributed by atoms with Gasteiger partial charge in [-0.05, 0) is 94.4 Å². The van der Waals surface area contributed by atoms with E-state index in [0.717, 1.165) is 34.7 Å². The second-order valence-electron chi connectivity index (χ2n) is 10.1. The topological polar surface area (TPSA) is 48.3 Å². The molecule has 0 amide bonds. The maximum atomic E-state index is 12.7. The molecule has 0 N–H and O–H groups in total. The summed E-state index contributed by atoms with van der Waals surface area (Å²) in [6.45, 7) is 3.96. The molecule has 5 aliphatic rings. The molecular formula is C23H31NO3. The van der Waals surface area contributed by atoms with E-state index in [2.05, 4.69) is 11.5 Å². The Hall–Kier alpha value is -1.58. The van der Waals surface area contributed by atoms with E-state index in [1.807, 2.05) is 13.0 Å². The molecule has 0 radical (unpaired) electrons. The molecule has 1 aromatic rings. The van der Waals surface area contributed by atoms with Crippen LogP contribution < -0.4 is 0 Å². The van der Waals surface area contributed by atoms with Crippen LogP contribution in [-0.2, 0) is 9.53 Å². The predicted molar refractivity (Wildman–Crippen MR) is 103 cm³/mol. The summed E-state index contributed by atoms with van der Waals surface area (Å²) in [5.41, 5.74) is 3.06. The molecule has 0 unspecified atom stereocenters. The summed E-state index contributed by atoms with van der Waals surface area (Å²) in [5.74, 6) is 2.27. The zero-order valence-electron chi connectivity index (χ0n) is 16.6. The molecule has 0 aliphatic heterocycles. The van der Waals surface area contributed by atoms with Crippen molar-refractivity contribution in [3.63, 3.8) is 0 Å². The van der Waals surface area contributed by atoms with Crippen LogP contribution in [0.1, 0.15) is 85.6 Å². The second-order valence-corrected chi connectivity index (χ2v) is 10.1. The number of ether oxygens (including phenoxy) is 1. The van der Waals surface area contributed by atoms with Crippen LogP contribution in [-0.4, -0.2) is 22.9 Å². The summed E-state index contributed by atoms with van der Waals surface area (Å²) in [5, 5.41) is 0. The van der Waals surface area contributed by atoms with Gasteiger partial charge in [-0.2, -0.15) is 0 Å². The quantitative estimate of drug-likeness (QED) is 0.536. The lowest BCUT2D eigenvalue weighted by Crippen LogP contribution is -2.47. The zero-order valence-corrected chi connectivity index (χ0v) is 16.6. The molecule has 146 valence electrons. The average Bonchev–Trinajstić information content (AvgIpc) is 3.36. The van der Waals surface area contributed by atoms with E-state index in [-0.39, 0.29) is 23.8 Å². The monoisotopic (exact) mass is 369 g/mol. The fourth-order valence-corrected chi connectivity index (χ4v) is 7.04. The second kappa shape index (κ2) is 6.22. The largest absolute Gasteiger partial charge is 0.457 e. The summed E-state index contributed by atoms with van der Waals surface area (Å²) in [6.07, 6.45) is 10.6. The van der Waals surface area contributed by atoms with Gasteiger partial charge in [0.05, 0.1) is 6.42 Å². The van der Waals surface area contributed by atoms with Crippen LogP contribution in [0.4, 0.5) is 0 Å². The minimum atomic E-state index is -0.165. The van der Waals surface area contributed by atoms with Crippen molar-refractivity contribution in [3.8, 4) is 0 Å². The third-order valence-electron chi connectivity index (χ3n) is 7.75. The van der Waals surface area contributed by atoms with Crippen LogP contribution in [0.3, 0.4) is 0 Å². The van der Waals surface area contributed by atoms with Gasteiger partial charge >= 0.3 is 5.97 Å². The van der Waals surface area contributed by atoms with E-state index in [1.54, 1.807) is 0 Å². The van der Waals surface area contributed by atoms with Gasteiger partial charge in [-0.3, -0.25) is 9.59 Å². The number of hydrogen-bond donors (Lipinski definition) is 0. The number of aromatic nitrogens is 1. The molecule has 0 atom stereocenters. The summed E-state index contributed by atoms with van der Waals surface area (Å²) in [6, 6.07) is 2.52. The van der Waals surface area contributed by atoms with Crippen LogP contribution in [0.15, 0.2) is 6.07 Å². The van der Waals surface area contributed by atoms with Gasteiger partial charge in [0.15, 0.2) is 6.61 Å². The molecule has 5 saturated carbocycles. The SMILES string of the molecule is Cc1cc(C(=O)COC(=O)CC23CC4CC(CC(C4)C2)C3)c(C)n1C1CC1. The van der Waals surface area contributed by atoms with Gasteiger partial charge in [-0.25, -0.2) is 0 Å². The Morgan fingerprint density at radius 2 is 1.67 bits per heavy atom. The Morgan fingerprint density at radius 1 is 1.07 bits per heavy atom. The molecule has 5 fully saturated rings. The maximum absolute atomic E-state index is 12.7. The Kier molecular flexibility index (Phi) is 4.03. The molecule has 6 rings (SSSR count). The normalized spacial score (nSPS) is 34.1. The summed E-state index contributed by atoms with van der Waals surface area (Å²) >= 11 is 0. The molecule has 27 heavy (non-hydrogen) atoms. The number of rotatable bonds is 6. The first-order valence-electron chi connectivity index (χ1n) is 10.8. The minimum absolute atomic E-state index is 0.0612. The Labute approximate surface area is 161 Å². The van der Waals surface area contributed by atoms with E-state index in [0.29, 0.717) is 12.5 Å². The molecular weight excluding hydrogens is 338 g/mol. The lowest BCUT2D eigenvalue weighted by atomic mass is 9.49. The van der Waals surface area contributed by atoms with Crippen molar-refractivity contribution >= 4 is 11.8 Å². The lowest BCUT2D eigenvalue weighted by Gasteiger charge is -2.56. The van der Waals surface area contributed by atoms with Gasteiger partial charge in [-0.1, -0.05) is 0 Å². The van der Waals surface area contributed by atoms with Crippen LogP contribution in [0.5, 0.6) is 0 Å². The average molecular weight is 370 g/mol. The highest BCUT2D eigenvalue weighted by Crippen LogP contribution is 2.61. The number of carbonyl (C=O) groups excluding carboxylic acids is 2. The number of nitrogens with zero attached hydrogens (tertiary/aromatic N) is 1. The third kappa shape index (κ3) is 3.15. The van der Waals surface area contributed by atoms with Gasteiger partial charge in [0, 0.05) is 23.0 Å². The number of Topliss-reactive ketones (excluding diaryl/α,β-unsaturated/α-hetero) is 1. The lowest BCUT2D eigenvalue weighted by molar-refractivity contribution is -0.150. The Balaban J connectivity index is 1.20. The Morgan fingerprint density at radius 3 is 2.22 bits per heavy atom. The summed E-state index contributed by atoms with van der Waals surface area (Å²) in [7, 11) is 0. The highest BCUT2D eigenvalue weighted by Gasteiger charge is 2.51. The molecule has 4 heteroatoms. The smallest absolute Gasteiger partial charge is 0.306 e. The highest BCUT2D eigenvalue weighted by molar-refractivity contribution is 5.99. The van der Waals surface area contributed by atoms with Gasteiger partial charge in [0.1, 0.15) is 0 Å². The fourth-order valence-electron chi connectivity index (χ4n) is 7.04. The fraction of sp³-hybridized carbons (Fsp3) is 0.739. The van der Waals surface area contributed by atoms with Crippen molar-refractivity contribution in [1.29, 1.82) is 0 Å². The molecule has 1 aromatic heterocycles. The number of esters is 1. The van der Waals surface area contributed by atoms with E-state index in [1.165, 1.54) is 51.4 Å². The van der Waals surface area contributed by atoms with Crippen molar-refractivity contribution in [1.82, 2.24) is 4.57 Å². The van der Waals surface area contributed by atoms with Crippen molar-refractivity contribution in [2.24, 2.45) is 23.2 Å². The van der Waals surface area contributed by atoms with E-state index in [4.69, 9.17) is 4.74 Å². The van der Waals surface area contributed by atoms with Crippen molar-refractivity contribution < 1.29 is 14.3 Å². The third-order valence-corrected chi connectivity index (χ3v) is 7.75. The number of hydrogen-bond acceptors (Lipinski definition) is 3. The molecule has 1 heterocycles. The van der Waals surface area contributed by atoms with E-state index >= 15 is 0 Å². The first kappa shape index (κ1) is 17.5. The van der Waals surface area contributed by atoms with Gasteiger partial charge in [0.2, 0.25) is 5.78 Å². The van der Waals surface area contributed by atoms with Crippen LogP contribution in [0.2, 0.25) is 0 Å². The molecule has 5 aliphatic carbocycles. The molecule has 0 aromatic carbocycles. The zero-order chi connectivity index (χ0) is 18.8. The van der Waals surface area contributed by atoms with Crippen LogP contribution >= 0.6 is 0 Å².